The smallest absolute Gasteiger partial charge is 0.245 e. The number of rotatable bonds is 3. The maximum absolute atomic E-state index is 11.9. The molecule has 100 valence electrons. The highest BCUT2D eigenvalue weighted by atomic mass is 16.2. The number of aromatic nitrogens is 2. The molecule has 3 heterocycles. The Labute approximate surface area is 110 Å². The Hall–Kier alpha value is -2.15. The maximum atomic E-state index is 11.9. The first-order valence-electron chi connectivity index (χ1n) is 6.27. The Bertz CT molecular complexity index is 536. The largest absolute Gasteiger partial charge is 0.354 e. The Morgan fingerprint density at radius 3 is 3.11 bits per heavy atom. The summed E-state index contributed by atoms with van der Waals surface area (Å²) in [6.07, 6.45) is 7.70. The van der Waals surface area contributed by atoms with Crippen molar-refractivity contribution in [2.45, 2.75) is 18.5 Å². The molecular formula is C12H15N5O2. The van der Waals surface area contributed by atoms with E-state index >= 15 is 0 Å². The lowest BCUT2D eigenvalue weighted by Crippen LogP contribution is -2.35. The second kappa shape index (κ2) is 4.85. The number of amides is 2. The van der Waals surface area contributed by atoms with E-state index in [4.69, 9.17) is 0 Å². The van der Waals surface area contributed by atoms with Crippen molar-refractivity contribution in [3.8, 4) is 0 Å². The van der Waals surface area contributed by atoms with Gasteiger partial charge in [0, 0.05) is 19.3 Å². The van der Waals surface area contributed by atoms with Crippen LogP contribution < -0.4 is 16.0 Å². The van der Waals surface area contributed by atoms with Gasteiger partial charge in [-0.2, -0.15) is 5.10 Å². The van der Waals surface area contributed by atoms with Gasteiger partial charge in [-0.25, -0.2) is 0 Å². The van der Waals surface area contributed by atoms with Gasteiger partial charge in [0.1, 0.15) is 12.1 Å². The van der Waals surface area contributed by atoms with Crippen LogP contribution in [0, 0.1) is 0 Å². The molecule has 1 fully saturated rings. The molecule has 2 amide bonds. The third-order valence-electron chi connectivity index (χ3n) is 3.27. The number of hydrogen-bond acceptors (Lipinski definition) is 4. The fourth-order valence-electron chi connectivity index (χ4n) is 2.27. The third-order valence-corrected chi connectivity index (χ3v) is 3.27. The lowest BCUT2D eigenvalue weighted by Gasteiger charge is -2.09. The molecule has 0 bridgehead atoms. The predicted molar refractivity (Wildman–Crippen MR) is 68.5 cm³/mol. The van der Waals surface area contributed by atoms with E-state index in [2.05, 4.69) is 21.0 Å². The standard InChI is InChI=1S/C12H15N5O2/c18-11(9-2-1-4-13-9)16-8-6-15-17(7-8)10-3-5-14-12(10)19/h1-2,6-7,9-10,13H,3-5H2,(H,14,19)(H,16,18). The summed E-state index contributed by atoms with van der Waals surface area (Å²) in [7, 11) is 0. The minimum Gasteiger partial charge on any atom is -0.354 e. The second-order valence-electron chi connectivity index (χ2n) is 4.61. The average Bonchev–Trinajstić information content (AvgIpc) is 3.08. The van der Waals surface area contributed by atoms with E-state index in [0.717, 1.165) is 6.42 Å². The van der Waals surface area contributed by atoms with Crippen LogP contribution >= 0.6 is 0 Å². The van der Waals surface area contributed by atoms with Gasteiger partial charge in [-0.3, -0.25) is 19.6 Å². The van der Waals surface area contributed by atoms with E-state index in [1.165, 1.54) is 0 Å². The van der Waals surface area contributed by atoms with Crippen LogP contribution in [0.25, 0.3) is 0 Å². The summed E-state index contributed by atoms with van der Waals surface area (Å²) in [4.78, 5) is 23.4. The number of carbonyl (C=O) groups is 2. The van der Waals surface area contributed by atoms with Gasteiger partial charge >= 0.3 is 0 Å². The lowest BCUT2D eigenvalue weighted by atomic mass is 10.2. The summed E-state index contributed by atoms with van der Waals surface area (Å²) in [5.41, 5.74) is 0.604. The SMILES string of the molecule is O=C(Nc1cnn(C2CCNC2=O)c1)C1C=CCN1. The molecule has 2 atom stereocenters. The number of hydrogen-bond donors (Lipinski definition) is 3. The fourth-order valence-corrected chi connectivity index (χ4v) is 2.27. The van der Waals surface area contributed by atoms with Gasteiger partial charge in [0.15, 0.2) is 0 Å². The van der Waals surface area contributed by atoms with Crippen LogP contribution in [0.3, 0.4) is 0 Å². The molecule has 1 aromatic rings. The lowest BCUT2D eigenvalue weighted by molar-refractivity contribution is -0.122. The molecule has 3 N–H and O–H groups in total. The molecule has 0 aromatic carbocycles. The Morgan fingerprint density at radius 2 is 2.42 bits per heavy atom. The summed E-state index contributed by atoms with van der Waals surface area (Å²) in [6.45, 7) is 1.38. The van der Waals surface area contributed by atoms with E-state index in [1.807, 2.05) is 12.2 Å². The van der Waals surface area contributed by atoms with Gasteiger partial charge in [0.2, 0.25) is 11.8 Å². The molecule has 1 saturated heterocycles. The average molecular weight is 261 g/mol. The highest BCUT2D eigenvalue weighted by Gasteiger charge is 2.26. The molecule has 2 aliphatic rings. The van der Waals surface area contributed by atoms with Crippen LogP contribution in [-0.2, 0) is 9.59 Å². The minimum atomic E-state index is -0.293. The van der Waals surface area contributed by atoms with Crippen molar-refractivity contribution in [2.75, 3.05) is 18.4 Å². The molecule has 7 nitrogen and oxygen atoms in total. The van der Waals surface area contributed by atoms with Crippen LogP contribution in [0.5, 0.6) is 0 Å². The van der Waals surface area contributed by atoms with Gasteiger partial charge in [0.25, 0.3) is 0 Å². The molecule has 0 saturated carbocycles. The summed E-state index contributed by atoms with van der Waals surface area (Å²) in [5.74, 6) is -0.148. The highest BCUT2D eigenvalue weighted by Crippen LogP contribution is 2.18. The normalized spacial score (nSPS) is 25.6. The second-order valence-corrected chi connectivity index (χ2v) is 4.61. The third kappa shape index (κ3) is 2.37. The molecule has 2 unspecified atom stereocenters. The van der Waals surface area contributed by atoms with Gasteiger partial charge in [-0.15, -0.1) is 0 Å². The van der Waals surface area contributed by atoms with Crippen molar-refractivity contribution in [2.24, 2.45) is 0 Å². The van der Waals surface area contributed by atoms with Crippen LogP contribution in [0.15, 0.2) is 24.5 Å². The van der Waals surface area contributed by atoms with E-state index in [1.54, 1.807) is 17.1 Å². The van der Waals surface area contributed by atoms with E-state index < -0.39 is 0 Å². The zero-order valence-corrected chi connectivity index (χ0v) is 10.3. The molecule has 0 spiro atoms. The molecule has 0 radical (unpaired) electrons. The van der Waals surface area contributed by atoms with Crippen molar-refractivity contribution in [3.05, 3.63) is 24.5 Å². The van der Waals surface area contributed by atoms with Crippen LogP contribution in [0.4, 0.5) is 5.69 Å². The molecule has 1 aromatic heterocycles. The van der Waals surface area contributed by atoms with E-state index in [0.29, 0.717) is 18.8 Å². The van der Waals surface area contributed by atoms with Gasteiger partial charge < -0.3 is 10.6 Å². The van der Waals surface area contributed by atoms with Crippen LogP contribution in [0.2, 0.25) is 0 Å². The molecule has 3 rings (SSSR count). The predicted octanol–water partition coefficient (Wildman–Crippen LogP) is -0.589. The van der Waals surface area contributed by atoms with Crippen LogP contribution in [-0.4, -0.2) is 40.7 Å². The Kier molecular flexibility index (Phi) is 3.04. The first-order valence-corrected chi connectivity index (χ1v) is 6.27. The molecular weight excluding hydrogens is 246 g/mol. The number of nitrogens with one attached hydrogen (secondary N) is 3. The molecule has 7 heteroatoms. The highest BCUT2D eigenvalue weighted by molar-refractivity contribution is 5.96. The zero-order valence-electron chi connectivity index (χ0n) is 10.3. The van der Waals surface area contributed by atoms with E-state index in [9.17, 15) is 9.59 Å². The molecule has 2 aliphatic heterocycles. The summed E-state index contributed by atoms with van der Waals surface area (Å²) in [5, 5.41) is 12.7. The van der Waals surface area contributed by atoms with Gasteiger partial charge in [-0.05, 0) is 6.42 Å². The van der Waals surface area contributed by atoms with Crippen molar-refractivity contribution in [1.29, 1.82) is 0 Å². The Balaban J connectivity index is 1.66. The van der Waals surface area contributed by atoms with Gasteiger partial charge in [0.05, 0.1) is 11.9 Å². The zero-order chi connectivity index (χ0) is 13.2. The summed E-state index contributed by atoms with van der Waals surface area (Å²) >= 11 is 0. The number of anilines is 1. The monoisotopic (exact) mass is 261 g/mol. The number of nitrogens with zero attached hydrogens (tertiary/aromatic N) is 2. The Morgan fingerprint density at radius 1 is 1.53 bits per heavy atom. The molecule has 0 aliphatic carbocycles. The first-order chi connectivity index (χ1) is 9.24. The quantitative estimate of drug-likeness (QED) is 0.635. The summed E-state index contributed by atoms with van der Waals surface area (Å²) in [6, 6.07) is -0.562. The minimum absolute atomic E-state index is 0.0265. The van der Waals surface area contributed by atoms with E-state index in [-0.39, 0.29) is 23.9 Å². The topological polar surface area (TPSA) is 88.1 Å². The molecule has 19 heavy (non-hydrogen) atoms. The number of carbonyl (C=O) groups excluding carboxylic acids is 2. The van der Waals surface area contributed by atoms with Crippen molar-refractivity contribution < 1.29 is 9.59 Å². The van der Waals surface area contributed by atoms with Crippen LogP contribution in [0.1, 0.15) is 12.5 Å². The van der Waals surface area contributed by atoms with Crippen molar-refractivity contribution >= 4 is 17.5 Å². The fraction of sp³-hybridized carbons (Fsp3) is 0.417. The first kappa shape index (κ1) is 11.9. The van der Waals surface area contributed by atoms with Crippen molar-refractivity contribution in [1.82, 2.24) is 20.4 Å². The van der Waals surface area contributed by atoms with Gasteiger partial charge in [-0.1, -0.05) is 12.2 Å². The maximum Gasteiger partial charge on any atom is 0.245 e. The van der Waals surface area contributed by atoms with Crippen molar-refractivity contribution in [3.63, 3.8) is 0 Å². The summed E-state index contributed by atoms with van der Waals surface area (Å²) < 4.78 is 1.59.